The van der Waals surface area contributed by atoms with E-state index < -0.39 is 5.97 Å². The van der Waals surface area contributed by atoms with E-state index >= 15 is 0 Å². The maximum atomic E-state index is 10.1. The topological polar surface area (TPSA) is 184 Å². The van der Waals surface area contributed by atoms with E-state index in [-0.39, 0.29) is 138 Å². The molecule has 0 unspecified atom stereocenters. The van der Waals surface area contributed by atoms with Crippen molar-refractivity contribution in [1.29, 1.82) is 0 Å². The molecule has 0 spiro atoms. The average molecular weight is 352 g/mol. The quantitative estimate of drug-likeness (QED) is 0.186. The SMILES string of the molecule is O=C([O-])c1ccc(O)cn1.OO.OO.[K+].[K+].[OH-].[V]. The van der Waals surface area contributed by atoms with Crippen LogP contribution in [0, 0.1) is 0 Å². The molecule has 1 aromatic heterocycles. The van der Waals surface area contributed by atoms with Crippen LogP contribution in [-0.2, 0) is 18.6 Å². The molecule has 0 saturated carbocycles. The van der Waals surface area contributed by atoms with Gasteiger partial charge >= 0.3 is 103 Å². The number of aromatic nitrogens is 1. The summed E-state index contributed by atoms with van der Waals surface area (Å²) in [6, 6.07) is 2.41. The number of carbonyl (C=O) groups is 1. The minimum atomic E-state index is -1.35. The van der Waals surface area contributed by atoms with Crippen molar-refractivity contribution in [3.63, 3.8) is 0 Å². The van der Waals surface area contributed by atoms with E-state index in [1.54, 1.807) is 0 Å². The Balaban J connectivity index is -0.0000000412. The van der Waals surface area contributed by atoms with Gasteiger partial charge < -0.3 is 20.5 Å². The number of hydrogen-bond donors (Lipinski definition) is 5. The zero-order valence-corrected chi connectivity index (χ0v) is 17.3. The van der Waals surface area contributed by atoms with Gasteiger partial charge in [0.15, 0.2) is 0 Å². The molecule has 0 amide bonds. The van der Waals surface area contributed by atoms with Crippen molar-refractivity contribution in [1.82, 2.24) is 4.98 Å². The first kappa shape index (κ1) is 36.9. The van der Waals surface area contributed by atoms with Crippen LogP contribution in [0.1, 0.15) is 10.5 Å². The number of carboxylic acid groups (broad SMARTS) is 1. The summed E-state index contributed by atoms with van der Waals surface area (Å²) in [7, 11) is 0. The standard InChI is InChI=1S/C6H5NO3.2K.2H2O2.H2O.V/c8-4-1-2-5(6(9)10)7-3-4;;;2*1-2;;/h1-3,8H,(H,9,10);;;2*1-2H;1H2;/q;2*+1;;;;/p-2. The predicted molar refractivity (Wildman–Crippen MR) is 42.7 cm³/mol. The van der Waals surface area contributed by atoms with E-state index in [4.69, 9.17) is 26.1 Å². The van der Waals surface area contributed by atoms with Gasteiger partial charge in [-0.05, 0) is 12.1 Å². The smallest absolute Gasteiger partial charge is 0.870 e. The molecule has 0 aliphatic heterocycles. The van der Waals surface area contributed by atoms with E-state index in [1.807, 2.05) is 0 Å². The van der Waals surface area contributed by atoms with Crippen LogP contribution >= 0.6 is 0 Å². The Morgan fingerprint density at radius 3 is 1.72 bits per heavy atom. The van der Waals surface area contributed by atoms with Crippen molar-refractivity contribution in [3.05, 3.63) is 24.0 Å². The van der Waals surface area contributed by atoms with Crippen LogP contribution in [0.25, 0.3) is 0 Å². The van der Waals surface area contributed by atoms with Gasteiger partial charge in [0.25, 0.3) is 0 Å². The summed E-state index contributed by atoms with van der Waals surface area (Å²) in [4.78, 5) is 13.4. The first-order chi connectivity index (χ1) is 6.70. The van der Waals surface area contributed by atoms with Crippen molar-refractivity contribution < 1.29 is 163 Å². The molecule has 18 heavy (non-hydrogen) atoms. The van der Waals surface area contributed by atoms with Crippen LogP contribution in [0.3, 0.4) is 0 Å². The first-order valence-corrected chi connectivity index (χ1v) is 2.96. The van der Waals surface area contributed by atoms with Crippen molar-refractivity contribution in [2.24, 2.45) is 0 Å². The molecule has 93 valence electrons. The molecule has 0 aliphatic carbocycles. The molecular formula is C6H9K2NO8V. The third-order valence-electron chi connectivity index (χ3n) is 0.957. The van der Waals surface area contributed by atoms with Gasteiger partial charge in [0.05, 0.1) is 17.9 Å². The van der Waals surface area contributed by atoms with E-state index in [0.717, 1.165) is 6.20 Å². The fourth-order valence-corrected chi connectivity index (χ4v) is 0.507. The molecule has 9 nitrogen and oxygen atoms in total. The number of rotatable bonds is 1. The van der Waals surface area contributed by atoms with Crippen molar-refractivity contribution in [3.8, 4) is 5.75 Å². The Morgan fingerprint density at radius 2 is 1.50 bits per heavy atom. The average Bonchev–Trinajstić information content (AvgIpc) is 2.24. The summed E-state index contributed by atoms with van der Waals surface area (Å²) < 4.78 is 0. The van der Waals surface area contributed by atoms with Crippen LogP contribution in [0.2, 0.25) is 0 Å². The fraction of sp³-hybridized carbons (Fsp3) is 0. The Labute approximate surface area is 199 Å². The van der Waals surface area contributed by atoms with Gasteiger partial charge in [-0.15, -0.1) is 0 Å². The molecule has 0 atom stereocenters. The van der Waals surface area contributed by atoms with Crippen LogP contribution in [-0.4, -0.2) is 42.6 Å². The maximum Gasteiger partial charge on any atom is 1.00 e. The van der Waals surface area contributed by atoms with Crippen LogP contribution in [0.15, 0.2) is 18.3 Å². The number of hydrogen-bond acceptors (Lipinski definition) is 9. The summed E-state index contributed by atoms with van der Waals surface area (Å²) in [5.41, 5.74) is -0.183. The maximum absolute atomic E-state index is 10.1. The second-order valence-corrected chi connectivity index (χ2v) is 1.69. The monoisotopic (exact) mass is 352 g/mol. The van der Waals surface area contributed by atoms with Crippen LogP contribution in [0.5, 0.6) is 5.75 Å². The summed E-state index contributed by atoms with van der Waals surface area (Å²) in [6.07, 6.45) is 1.05. The summed E-state index contributed by atoms with van der Waals surface area (Å²) in [6.45, 7) is 0. The second-order valence-electron chi connectivity index (χ2n) is 1.69. The fourth-order valence-electron chi connectivity index (χ4n) is 0.507. The largest absolute Gasteiger partial charge is 1.00 e. The van der Waals surface area contributed by atoms with Crippen molar-refractivity contribution in [2.45, 2.75) is 0 Å². The van der Waals surface area contributed by atoms with E-state index in [0.29, 0.717) is 0 Å². The summed E-state index contributed by atoms with van der Waals surface area (Å²) in [5, 5.41) is 42.7. The minimum absolute atomic E-state index is 0. The third kappa shape index (κ3) is 20.4. The van der Waals surface area contributed by atoms with Gasteiger partial charge in [-0.1, -0.05) is 0 Å². The molecule has 0 aromatic carbocycles. The molecule has 1 rings (SSSR count). The number of carbonyl (C=O) groups excluding carboxylic acids is 1. The Hall–Kier alpha value is 2.08. The number of pyridine rings is 1. The van der Waals surface area contributed by atoms with Gasteiger partial charge in [-0.3, -0.25) is 26.0 Å². The molecule has 12 heteroatoms. The first-order valence-electron chi connectivity index (χ1n) is 2.96. The predicted octanol–water partition coefficient (Wildman–Crippen LogP) is -6.99. The second kappa shape index (κ2) is 27.4. The molecule has 0 bridgehead atoms. The third-order valence-corrected chi connectivity index (χ3v) is 0.957. The molecule has 0 aliphatic rings. The van der Waals surface area contributed by atoms with Gasteiger partial charge in [-0.25, -0.2) is 0 Å². The zero-order valence-electron chi connectivity index (χ0n) is 9.63. The molecular weight excluding hydrogens is 343 g/mol. The molecule has 1 radical (unpaired) electrons. The molecule has 1 aromatic rings. The van der Waals surface area contributed by atoms with Crippen LogP contribution in [0.4, 0.5) is 0 Å². The van der Waals surface area contributed by atoms with Crippen molar-refractivity contribution >= 4 is 5.97 Å². The normalized spacial score (nSPS) is 5.78. The van der Waals surface area contributed by atoms with Gasteiger partial charge in [0.2, 0.25) is 0 Å². The Morgan fingerprint density at radius 1 is 1.11 bits per heavy atom. The van der Waals surface area contributed by atoms with E-state index in [9.17, 15) is 9.90 Å². The Kier molecular flexibility index (Phi) is 56.2. The van der Waals surface area contributed by atoms with Gasteiger partial charge in [-0.2, -0.15) is 0 Å². The van der Waals surface area contributed by atoms with Gasteiger partial charge in [0.1, 0.15) is 5.75 Å². The number of nitrogens with zero attached hydrogens (tertiary/aromatic N) is 1. The Bertz CT molecular complexity index is 262. The van der Waals surface area contributed by atoms with Crippen molar-refractivity contribution in [2.75, 3.05) is 0 Å². The minimum Gasteiger partial charge on any atom is -0.870 e. The number of aromatic hydroxyl groups is 1. The number of carboxylic acids is 1. The van der Waals surface area contributed by atoms with Gasteiger partial charge in [0, 0.05) is 18.6 Å². The van der Waals surface area contributed by atoms with Crippen LogP contribution < -0.4 is 108 Å². The van der Waals surface area contributed by atoms with E-state index in [2.05, 4.69) is 4.98 Å². The number of aromatic carboxylic acids is 1. The molecule has 0 fully saturated rings. The zero-order chi connectivity index (χ0) is 11.6. The molecule has 1 heterocycles. The molecule has 0 saturated heterocycles. The summed E-state index contributed by atoms with van der Waals surface area (Å²) >= 11 is 0. The summed E-state index contributed by atoms with van der Waals surface area (Å²) in [5.74, 6) is -1.41. The molecule has 6 N–H and O–H groups in total. The van der Waals surface area contributed by atoms with E-state index in [1.165, 1.54) is 12.1 Å².